The quantitative estimate of drug-likeness (QED) is 0.635. The van der Waals surface area contributed by atoms with Gasteiger partial charge in [-0.15, -0.1) is 6.58 Å². The van der Waals surface area contributed by atoms with Crippen molar-refractivity contribution in [3.63, 3.8) is 0 Å². The number of primary amides is 1. The van der Waals surface area contributed by atoms with Gasteiger partial charge in [0.05, 0.1) is 11.3 Å². The Morgan fingerprint density at radius 2 is 1.79 bits per heavy atom. The first-order chi connectivity index (χ1) is 6.57. The summed E-state index contributed by atoms with van der Waals surface area (Å²) in [6.07, 6.45) is 1.28. The smallest absolute Gasteiger partial charge is 0.221 e. The number of rotatable bonds is 7. The molecule has 0 spiro atoms. The minimum absolute atomic E-state index is 0.0207. The number of alkyl halides is 3. The highest BCUT2D eigenvalue weighted by Crippen LogP contribution is 2.32. The van der Waals surface area contributed by atoms with Gasteiger partial charge in [-0.1, -0.05) is 6.08 Å². The van der Waals surface area contributed by atoms with Gasteiger partial charge in [0.25, 0.3) is 0 Å². The monoisotopic (exact) mass is 209 g/mol. The fraction of sp³-hybridized carbons (Fsp3) is 0.667. The van der Waals surface area contributed by atoms with Crippen LogP contribution in [0.2, 0.25) is 0 Å². The van der Waals surface area contributed by atoms with Crippen LogP contribution < -0.4 is 5.73 Å². The van der Waals surface area contributed by atoms with Gasteiger partial charge < -0.3 is 5.73 Å². The highest BCUT2D eigenvalue weighted by molar-refractivity contribution is 5.77. The van der Waals surface area contributed by atoms with Crippen molar-refractivity contribution < 1.29 is 18.0 Å². The van der Waals surface area contributed by atoms with Gasteiger partial charge in [0.1, 0.15) is 20.0 Å². The Labute approximate surface area is 81.0 Å². The molecule has 0 saturated carbocycles. The molecule has 0 rings (SSSR count). The number of carbonyl (C=O) groups excluding carboxylic acids is 1. The first-order valence-electron chi connectivity index (χ1n) is 4.16. The van der Waals surface area contributed by atoms with Crippen LogP contribution in [0.4, 0.5) is 13.2 Å². The Hall–Kier alpha value is -1.00. The molecule has 0 aliphatic carbocycles. The second kappa shape index (κ2) is 5.67. The van der Waals surface area contributed by atoms with Crippen LogP contribution in [0.5, 0.6) is 0 Å². The van der Waals surface area contributed by atoms with E-state index in [1.165, 1.54) is 6.08 Å². The Morgan fingerprint density at radius 3 is 2.00 bits per heavy atom. The maximum absolute atomic E-state index is 12.5. The van der Waals surface area contributed by atoms with Crippen LogP contribution in [0, 0.1) is 11.3 Å². The van der Waals surface area contributed by atoms with Gasteiger partial charge in [0, 0.05) is 0 Å². The fourth-order valence-electron chi connectivity index (χ4n) is 1.22. The first-order valence-corrected chi connectivity index (χ1v) is 4.16. The lowest BCUT2D eigenvalue weighted by Crippen LogP contribution is -2.44. The number of allylic oxidation sites excluding steroid dienone is 1. The van der Waals surface area contributed by atoms with Crippen molar-refractivity contribution in [1.82, 2.24) is 0 Å². The van der Waals surface area contributed by atoms with E-state index in [0.717, 1.165) is 0 Å². The molecule has 5 heteroatoms. The van der Waals surface area contributed by atoms with E-state index < -0.39 is 37.3 Å². The predicted molar refractivity (Wildman–Crippen MR) is 47.9 cm³/mol. The van der Waals surface area contributed by atoms with E-state index in [9.17, 15) is 18.0 Å². The molecule has 0 saturated heterocycles. The van der Waals surface area contributed by atoms with Crippen LogP contribution in [0.1, 0.15) is 6.42 Å². The zero-order valence-corrected chi connectivity index (χ0v) is 7.81. The molecular weight excluding hydrogens is 195 g/mol. The summed E-state index contributed by atoms with van der Waals surface area (Å²) in [6, 6.07) is 0. The molecule has 0 aliphatic rings. The van der Waals surface area contributed by atoms with Gasteiger partial charge in [-0.25, -0.2) is 0 Å². The summed E-state index contributed by atoms with van der Waals surface area (Å²) >= 11 is 0. The number of nitrogens with two attached hydrogens (primary N) is 1. The van der Waals surface area contributed by atoms with Crippen molar-refractivity contribution in [1.29, 1.82) is 0 Å². The van der Waals surface area contributed by atoms with Crippen molar-refractivity contribution in [2.24, 2.45) is 17.1 Å². The highest BCUT2D eigenvalue weighted by atomic mass is 19.1. The molecule has 82 valence electrons. The van der Waals surface area contributed by atoms with Gasteiger partial charge in [-0.2, -0.15) is 0 Å². The zero-order chi connectivity index (χ0) is 11.2. The summed E-state index contributed by atoms with van der Waals surface area (Å²) in [5, 5.41) is 0. The van der Waals surface area contributed by atoms with Crippen LogP contribution in [0.3, 0.4) is 0 Å². The van der Waals surface area contributed by atoms with Crippen molar-refractivity contribution >= 4 is 5.91 Å². The normalized spacial score (nSPS) is 13.6. The second-order valence-electron chi connectivity index (χ2n) is 3.24. The maximum Gasteiger partial charge on any atom is 0.221 e. The number of amides is 1. The number of carbonyl (C=O) groups is 1. The fourth-order valence-corrected chi connectivity index (χ4v) is 1.22. The summed E-state index contributed by atoms with van der Waals surface area (Å²) < 4.78 is 37.6. The van der Waals surface area contributed by atoms with Crippen LogP contribution in [-0.2, 0) is 4.79 Å². The van der Waals surface area contributed by atoms with Gasteiger partial charge in [-0.05, 0) is 6.42 Å². The van der Waals surface area contributed by atoms with E-state index in [4.69, 9.17) is 5.73 Å². The molecule has 1 atom stereocenters. The van der Waals surface area contributed by atoms with Gasteiger partial charge in [0.2, 0.25) is 5.91 Å². The highest BCUT2D eigenvalue weighted by Gasteiger charge is 2.42. The van der Waals surface area contributed by atoms with Crippen LogP contribution in [0.25, 0.3) is 0 Å². The molecular formula is C9H14F3NO. The zero-order valence-electron chi connectivity index (χ0n) is 7.81. The predicted octanol–water partition coefficient (Wildman–Crippen LogP) is 1.56. The number of hydrogen-bond donors (Lipinski definition) is 1. The Morgan fingerprint density at radius 1 is 1.36 bits per heavy atom. The third kappa shape index (κ3) is 2.49. The van der Waals surface area contributed by atoms with E-state index in [2.05, 4.69) is 6.58 Å². The van der Waals surface area contributed by atoms with Crippen molar-refractivity contribution in [3.8, 4) is 0 Å². The minimum Gasteiger partial charge on any atom is -0.369 e. The molecule has 0 aromatic heterocycles. The van der Waals surface area contributed by atoms with Gasteiger partial charge in [0.15, 0.2) is 0 Å². The second-order valence-corrected chi connectivity index (χ2v) is 3.24. The molecule has 1 amide bonds. The largest absolute Gasteiger partial charge is 0.369 e. The average Bonchev–Trinajstić information content (AvgIpc) is 2.19. The molecule has 1 unspecified atom stereocenters. The lowest BCUT2D eigenvalue weighted by atomic mass is 9.76. The molecule has 2 nitrogen and oxygen atoms in total. The van der Waals surface area contributed by atoms with Crippen molar-refractivity contribution in [3.05, 3.63) is 12.7 Å². The van der Waals surface area contributed by atoms with Crippen molar-refractivity contribution in [2.75, 3.05) is 20.0 Å². The van der Waals surface area contributed by atoms with Gasteiger partial charge in [-0.3, -0.25) is 18.0 Å². The molecule has 0 heterocycles. The van der Waals surface area contributed by atoms with E-state index in [-0.39, 0.29) is 6.42 Å². The summed E-state index contributed by atoms with van der Waals surface area (Å²) in [4.78, 5) is 10.9. The summed E-state index contributed by atoms with van der Waals surface area (Å²) in [7, 11) is 0. The third-order valence-corrected chi connectivity index (χ3v) is 2.28. The summed E-state index contributed by atoms with van der Waals surface area (Å²) in [5.41, 5.74) is 3.02. The standard InChI is InChI=1S/C9H14F3NO/c1-2-3-7(8(13)14)9(4-10,5-11)6-12/h2,7H,1,3-6H2,(H2,13,14). The SMILES string of the molecule is C=CCC(C(N)=O)C(CF)(CF)CF. The van der Waals surface area contributed by atoms with Crippen molar-refractivity contribution in [2.45, 2.75) is 6.42 Å². The number of halogens is 3. The van der Waals surface area contributed by atoms with Crippen LogP contribution >= 0.6 is 0 Å². The summed E-state index contributed by atoms with van der Waals surface area (Å²) in [5.74, 6) is -2.09. The first kappa shape index (κ1) is 13.0. The van der Waals surface area contributed by atoms with E-state index >= 15 is 0 Å². The average molecular weight is 209 g/mol. The lowest BCUT2D eigenvalue weighted by Gasteiger charge is -2.30. The molecule has 0 aromatic rings. The molecule has 2 N–H and O–H groups in total. The van der Waals surface area contributed by atoms with E-state index in [1.807, 2.05) is 0 Å². The van der Waals surface area contributed by atoms with Gasteiger partial charge >= 0.3 is 0 Å². The lowest BCUT2D eigenvalue weighted by molar-refractivity contribution is -0.128. The molecule has 14 heavy (non-hydrogen) atoms. The molecule has 0 bridgehead atoms. The molecule has 0 fully saturated rings. The Balaban J connectivity index is 4.88. The number of hydrogen-bond acceptors (Lipinski definition) is 1. The van der Waals surface area contributed by atoms with E-state index in [0.29, 0.717) is 0 Å². The molecule has 0 aliphatic heterocycles. The van der Waals surface area contributed by atoms with Crippen LogP contribution in [0.15, 0.2) is 12.7 Å². The maximum atomic E-state index is 12.5. The topological polar surface area (TPSA) is 43.1 Å². The Bertz CT molecular complexity index is 196. The minimum atomic E-state index is -1.93. The molecule has 0 radical (unpaired) electrons. The van der Waals surface area contributed by atoms with Crippen LogP contribution in [-0.4, -0.2) is 25.9 Å². The Kier molecular flexibility index (Phi) is 5.27. The summed E-state index contributed by atoms with van der Waals surface area (Å²) in [6.45, 7) is -0.422. The third-order valence-electron chi connectivity index (χ3n) is 2.28. The molecule has 0 aromatic carbocycles. The van der Waals surface area contributed by atoms with E-state index in [1.54, 1.807) is 0 Å².